The molecule has 8 nitrogen and oxygen atoms in total. The molecule has 1 fully saturated rings. The van der Waals surface area contributed by atoms with E-state index in [0.29, 0.717) is 26.2 Å². The van der Waals surface area contributed by atoms with Gasteiger partial charge in [-0.25, -0.2) is 8.42 Å². The summed E-state index contributed by atoms with van der Waals surface area (Å²) >= 11 is 0. The van der Waals surface area contributed by atoms with Gasteiger partial charge in [-0.05, 0) is 48.5 Å². The van der Waals surface area contributed by atoms with Crippen molar-refractivity contribution >= 4 is 21.6 Å². The maximum atomic E-state index is 13.5. The Morgan fingerprint density at radius 1 is 0.886 bits per heavy atom. The van der Waals surface area contributed by atoms with Gasteiger partial charge >= 0.3 is 0 Å². The Balaban J connectivity index is 1.30. The molecule has 1 aromatic heterocycles. The van der Waals surface area contributed by atoms with Crippen LogP contribution in [0.15, 0.2) is 77.8 Å². The van der Waals surface area contributed by atoms with Gasteiger partial charge in [-0.3, -0.25) is 4.79 Å². The Labute approximate surface area is 206 Å². The highest BCUT2D eigenvalue weighted by atomic mass is 32.2. The second kappa shape index (κ2) is 9.75. The molecule has 0 saturated carbocycles. The zero-order valence-corrected chi connectivity index (χ0v) is 20.6. The molecule has 0 aliphatic carbocycles. The van der Waals surface area contributed by atoms with E-state index in [2.05, 4.69) is 9.47 Å². The van der Waals surface area contributed by atoms with Crippen molar-refractivity contribution in [3.05, 3.63) is 78.6 Å². The summed E-state index contributed by atoms with van der Waals surface area (Å²) in [7, 11) is -2.08. The highest BCUT2D eigenvalue weighted by Crippen LogP contribution is 2.34. The van der Waals surface area contributed by atoms with Crippen LogP contribution in [0.25, 0.3) is 0 Å². The van der Waals surface area contributed by atoms with Crippen molar-refractivity contribution in [2.75, 3.05) is 44.7 Å². The zero-order valence-electron chi connectivity index (χ0n) is 19.8. The Morgan fingerprint density at radius 2 is 1.60 bits per heavy atom. The zero-order chi connectivity index (χ0) is 24.4. The number of sulfonamides is 1. The number of amides is 1. The summed E-state index contributed by atoms with van der Waals surface area (Å²) in [5.74, 6) is 0.794. The maximum Gasteiger partial charge on any atom is 0.243 e. The molecule has 2 aromatic carbocycles. The SMILES string of the molecule is COc1ccc(N2CCN(C(=O)CC3c4cccn4CCN3S(=O)(=O)c3ccccc3)CC2)cc1. The summed E-state index contributed by atoms with van der Waals surface area (Å²) in [6.07, 6.45) is 2.07. The third kappa shape index (κ3) is 4.66. The van der Waals surface area contributed by atoms with E-state index in [1.165, 1.54) is 4.31 Å². The van der Waals surface area contributed by atoms with Crippen LogP contribution in [-0.2, 0) is 21.4 Å². The molecule has 1 saturated heterocycles. The number of carbonyl (C=O) groups is 1. The first-order chi connectivity index (χ1) is 17.0. The summed E-state index contributed by atoms with van der Waals surface area (Å²) in [6.45, 7) is 3.56. The topological polar surface area (TPSA) is 75.1 Å². The van der Waals surface area contributed by atoms with Gasteiger partial charge in [0.05, 0.1) is 18.0 Å². The lowest BCUT2D eigenvalue weighted by atomic mass is 10.1. The fraction of sp³-hybridized carbons (Fsp3) is 0.346. The standard InChI is InChI=1S/C26H30N4O4S/c1-34-22-11-9-21(10-12-22)27-14-16-29(17-15-27)26(31)20-25-24-8-5-13-28(24)18-19-30(25)35(32,33)23-6-3-2-4-7-23/h2-13,25H,14-20H2,1H3. The van der Waals surface area contributed by atoms with Crippen molar-refractivity contribution < 1.29 is 17.9 Å². The average Bonchev–Trinajstić information content (AvgIpc) is 3.39. The number of methoxy groups -OCH3 is 1. The van der Waals surface area contributed by atoms with E-state index < -0.39 is 16.1 Å². The number of piperazine rings is 1. The molecule has 35 heavy (non-hydrogen) atoms. The summed E-state index contributed by atoms with van der Waals surface area (Å²) in [6, 6.07) is 19.7. The van der Waals surface area contributed by atoms with Crippen LogP contribution in [0.2, 0.25) is 0 Å². The fourth-order valence-corrected chi connectivity index (χ4v) is 6.58. The maximum absolute atomic E-state index is 13.5. The predicted octanol–water partition coefficient (Wildman–Crippen LogP) is 2.98. The molecule has 3 aromatic rings. The molecule has 0 N–H and O–H groups in total. The number of fused-ring (bicyclic) bond motifs is 1. The summed E-state index contributed by atoms with van der Waals surface area (Å²) in [5.41, 5.74) is 1.96. The first-order valence-electron chi connectivity index (χ1n) is 11.9. The van der Waals surface area contributed by atoms with Crippen LogP contribution in [0.5, 0.6) is 5.75 Å². The monoisotopic (exact) mass is 494 g/mol. The third-order valence-corrected chi connectivity index (χ3v) is 8.83. The number of hydrogen-bond acceptors (Lipinski definition) is 5. The Bertz CT molecular complexity index is 1270. The van der Waals surface area contributed by atoms with Gasteiger partial charge in [0.2, 0.25) is 15.9 Å². The molecule has 1 atom stereocenters. The molecule has 1 unspecified atom stereocenters. The molecule has 0 radical (unpaired) electrons. The van der Waals surface area contributed by atoms with Gasteiger partial charge in [-0.15, -0.1) is 0 Å². The minimum absolute atomic E-state index is 0.0210. The number of rotatable bonds is 6. The number of hydrogen-bond donors (Lipinski definition) is 0. The second-order valence-corrected chi connectivity index (χ2v) is 10.7. The predicted molar refractivity (Wildman–Crippen MR) is 134 cm³/mol. The van der Waals surface area contributed by atoms with Crippen molar-refractivity contribution in [2.45, 2.75) is 23.9 Å². The number of nitrogens with zero attached hydrogens (tertiary/aromatic N) is 4. The number of anilines is 1. The van der Waals surface area contributed by atoms with Gasteiger partial charge in [0.15, 0.2) is 0 Å². The van der Waals surface area contributed by atoms with Crippen molar-refractivity contribution in [3.8, 4) is 5.75 Å². The van der Waals surface area contributed by atoms with Crippen molar-refractivity contribution in [2.24, 2.45) is 0 Å². The highest BCUT2D eigenvalue weighted by molar-refractivity contribution is 7.89. The van der Waals surface area contributed by atoms with Crippen LogP contribution >= 0.6 is 0 Å². The summed E-state index contributed by atoms with van der Waals surface area (Å²) in [4.78, 5) is 17.8. The van der Waals surface area contributed by atoms with E-state index in [1.807, 2.05) is 47.5 Å². The van der Waals surface area contributed by atoms with Crippen molar-refractivity contribution in [3.63, 3.8) is 0 Å². The average molecular weight is 495 g/mol. The van der Waals surface area contributed by atoms with E-state index in [-0.39, 0.29) is 17.2 Å². The van der Waals surface area contributed by atoms with Gasteiger partial charge in [-0.2, -0.15) is 4.31 Å². The quantitative estimate of drug-likeness (QED) is 0.527. The number of carbonyl (C=O) groups excluding carboxylic acids is 1. The minimum Gasteiger partial charge on any atom is -0.497 e. The molecule has 1 amide bonds. The molecule has 2 aliphatic rings. The first kappa shape index (κ1) is 23.4. The Hall–Kier alpha value is -3.30. The van der Waals surface area contributed by atoms with Crippen LogP contribution < -0.4 is 9.64 Å². The third-order valence-electron chi connectivity index (χ3n) is 6.90. The molecule has 0 spiro atoms. The molecule has 2 aliphatic heterocycles. The van der Waals surface area contributed by atoms with Gasteiger partial charge < -0.3 is 19.1 Å². The molecule has 5 rings (SSSR count). The van der Waals surface area contributed by atoms with E-state index in [0.717, 1.165) is 30.2 Å². The van der Waals surface area contributed by atoms with Gasteiger partial charge in [0.1, 0.15) is 5.75 Å². The van der Waals surface area contributed by atoms with Crippen molar-refractivity contribution in [1.29, 1.82) is 0 Å². The van der Waals surface area contributed by atoms with Crippen LogP contribution in [0, 0.1) is 0 Å². The van der Waals surface area contributed by atoms with Crippen LogP contribution in [0.1, 0.15) is 18.2 Å². The van der Waals surface area contributed by atoms with Crippen LogP contribution in [-0.4, -0.2) is 67.9 Å². The normalized spacial score (nSPS) is 18.8. The lowest BCUT2D eigenvalue weighted by molar-refractivity contribution is -0.132. The molecular formula is C26H30N4O4S. The Morgan fingerprint density at radius 3 is 2.29 bits per heavy atom. The second-order valence-electron chi connectivity index (χ2n) is 8.84. The van der Waals surface area contributed by atoms with Crippen LogP contribution in [0.3, 0.4) is 0 Å². The van der Waals surface area contributed by atoms with E-state index in [1.54, 1.807) is 37.4 Å². The smallest absolute Gasteiger partial charge is 0.243 e. The Kier molecular flexibility index (Phi) is 6.53. The van der Waals surface area contributed by atoms with Crippen molar-refractivity contribution in [1.82, 2.24) is 13.8 Å². The molecule has 9 heteroatoms. The lowest BCUT2D eigenvalue weighted by Crippen LogP contribution is -2.50. The highest BCUT2D eigenvalue weighted by Gasteiger charge is 2.38. The number of benzene rings is 2. The number of aromatic nitrogens is 1. The lowest BCUT2D eigenvalue weighted by Gasteiger charge is -2.39. The van der Waals surface area contributed by atoms with E-state index in [9.17, 15) is 13.2 Å². The minimum atomic E-state index is -3.73. The summed E-state index contributed by atoms with van der Waals surface area (Å²) < 4.78 is 35.8. The van der Waals surface area contributed by atoms with Gasteiger partial charge in [0.25, 0.3) is 0 Å². The van der Waals surface area contributed by atoms with Crippen LogP contribution in [0.4, 0.5) is 5.69 Å². The first-order valence-corrected chi connectivity index (χ1v) is 13.3. The van der Waals surface area contributed by atoms with E-state index in [4.69, 9.17) is 4.74 Å². The molecule has 0 bridgehead atoms. The molecule has 184 valence electrons. The summed E-state index contributed by atoms with van der Waals surface area (Å²) in [5, 5.41) is 0. The van der Waals surface area contributed by atoms with E-state index >= 15 is 0 Å². The largest absolute Gasteiger partial charge is 0.497 e. The van der Waals surface area contributed by atoms with Gasteiger partial charge in [-0.1, -0.05) is 18.2 Å². The fourth-order valence-electron chi connectivity index (χ4n) is 4.97. The number of ether oxygens (including phenoxy) is 1. The molecular weight excluding hydrogens is 464 g/mol. The molecule has 3 heterocycles. The van der Waals surface area contributed by atoms with Gasteiger partial charge in [0, 0.05) is 63.3 Å².